The van der Waals surface area contributed by atoms with Gasteiger partial charge in [-0.1, -0.05) is 13.0 Å². The van der Waals surface area contributed by atoms with Crippen LogP contribution in [0.3, 0.4) is 0 Å². The molecule has 11 heteroatoms. The van der Waals surface area contributed by atoms with Gasteiger partial charge in [-0.25, -0.2) is 17.2 Å². The number of carbonyl (C=O) groups is 1. The quantitative estimate of drug-likeness (QED) is 0.581. The van der Waals surface area contributed by atoms with Gasteiger partial charge in [0.2, 0.25) is 10.0 Å². The molecule has 3 saturated carbocycles. The molecular formula is C20H25F5N2O3S. The average Bonchev–Trinajstić information content (AvgIpc) is 2.67. The van der Waals surface area contributed by atoms with Crippen molar-refractivity contribution in [1.82, 2.24) is 5.32 Å². The van der Waals surface area contributed by atoms with Crippen molar-refractivity contribution in [3.8, 4) is 0 Å². The molecule has 3 aliphatic rings. The second kappa shape index (κ2) is 7.60. The minimum Gasteiger partial charge on any atom is -0.347 e. The maximum Gasteiger partial charge on any atom is 0.394 e. The van der Waals surface area contributed by atoms with Crippen LogP contribution in [0.4, 0.5) is 27.6 Å². The molecule has 3 aliphatic carbocycles. The predicted octanol–water partition coefficient (Wildman–Crippen LogP) is 4.95. The van der Waals surface area contributed by atoms with E-state index in [0.717, 1.165) is 24.5 Å². The monoisotopic (exact) mass is 468 g/mol. The second-order valence-electron chi connectivity index (χ2n) is 8.71. The second-order valence-corrected chi connectivity index (χ2v) is 10.5. The first-order chi connectivity index (χ1) is 14.1. The number of carbonyl (C=O) groups excluding carboxylic acids is 1. The minimum absolute atomic E-state index is 0.112. The van der Waals surface area contributed by atoms with Gasteiger partial charge in [0.15, 0.2) is 0 Å². The fraction of sp³-hybridized carbons (Fsp3) is 0.650. The number of hydrogen-bond acceptors (Lipinski definition) is 3. The number of benzene rings is 1. The molecule has 1 aromatic rings. The van der Waals surface area contributed by atoms with Crippen LogP contribution in [0.15, 0.2) is 18.2 Å². The number of anilines is 1. The zero-order valence-electron chi connectivity index (χ0n) is 17.2. The van der Waals surface area contributed by atoms with Crippen LogP contribution in [0.2, 0.25) is 0 Å². The molecule has 1 amide bonds. The Kier molecular flexibility index (Phi) is 5.82. The highest BCUT2D eigenvalue weighted by Crippen LogP contribution is 2.59. The predicted molar refractivity (Wildman–Crippen MR) is 105 cm³/mol. The first-order valence-corrected chi connectivity index (χ1v) is 11.9. The summed E-state index contributed by atoms with van der Waals surface area (Å²) in [6.45, 7) is 1.28. The topological polar surface area (TPSA) is 75.3 Å². The maximum absolute atomic E-state index is 14.2. The van der Waals surface area contributed by atoms with Gasteiger partial charge in [-0.05, 0) is 50.7 Å². The highest BCUT2D eigenvalue weighted by molar-refractivity contribution is 7.92. The average molecular weight is 468 g/mol. The van der Waals surface area contributed by atoms with Gasteiger partial charge < -0.3 is 5.32 Å². The fourth-order valence-electron chi connectivity index (χ4n) is 4.56. The zero-order valence-corrected chi connectivity index (χ0v) is 18.0. The number of fused-ring (bicyclic) bond motifs is 3. The van der Waals surface area contributed by atoms with E-state index in [1.54, 1.807) is 0 Å². The third kappa shape index (κ3) is 4.65. The summed E-state index contributed by atoms with van der Waals surface area (Å²) in [5.41, 5.74) is -3.49. The third-order valence-corrected chi connectivity index (χ3v) is 7.24. The van der Waals surface area contributed by atoms with Crippen molar-refractivity contribution >= 4 is 21.6 Å². The van der Waals surface area contributed by atoms with Crippen LogP contribution in [-0.4, -0.2) is 32.3 Å². The van der Waals surface area contributed by atoms with Gasteiger partial charge in [-0.3, -0.25) is 9.52 Å². The van der Waals surface area contributed by atoms with Crippen molar-refractivity contribution < 1.29 is 35.2 Å². The molecule has 1 aromatic carbocycles. The van der Waals surface area contributed by atoms with E-state index in [1.165, 1.54) is 6.92 Å². The molecule has 174 valence electrons. The summed E-state index contributed by atoms with van der Waals surface area (Å²) in [5.74, 6) is -4.01. The van der Waals surface area contributed by atoms with Crippen molar-refractivity contribution in [2.24, 2.45) is 5.41 Å². The summed E-state index contributed by atoms with van der Waals surface area (Å²) in [5, 5.41) is 2.74. The summed E-state index contributed by atoms with van der Waals surface area (Å²) in [6.07, 6.45) is -3.93. The standard InChI is InChI=1S/C20H25F5N2O3S/c1-3-19(21,22)13-4-5-15(27-31(2,29)30)14(12-13)16(28)26-18-9-6-17(7-10-18,8-11-18)20(23,24)25/h4-5,12,27H,3,6-11H2,1-2H3,(H,26,28). The molecule has 0 aliphatic heterocycles. The molecule has 0 atom stereocenters. The highest BCUT2D eigenvalue weighted by atomic mass is 32.2. The van der Waals surface area contributed by atoms with Crippen LogP contribution in [-0.2, 0) is 15.9 Å². The van der Waals surface area contributed by atoms with E-state index >= 15 is 0 Å². The number of amides is 1. The van der Waals surface area contributed by atoms with Crippen LogP contribution in [0, 0.1) is 5.41 Å². The lowest BCUT2D eigenvalue weighted by Gasteiger charge is -2.54. The van der Waals surface area contributed by atoms with Gasteiger partial charge in [0.25, 0.3) is 11.8 Å². The summed E-state index contributed by atoms with van der Waals surface area (Å²) in [6, 6.07) is 3.09. The van der Waals surface area contributed by atoms with E-state index in [9.17, 15) is 35.2 Å². The molecule has 0 saturated heterocycles. The number of sulfonamides is 1. The lowest BCUT2D eigenvalue weighted by atomic mass is 9.57. The molecule has 0 spiro atoms. The van der Waals surface area contributed by atoms with E-state index in [2.05, 4.69) is 10.0 Å². The molecule has 3 fully saturated rings. The first-order valence-electron chi connectivity index (χ1n) is 10.0. The third-order valence-electron chi connectivity index (χ3n) is 6.65. The number of hydrogen-bond donors (Lipinski definition) is 2. The molecule has 5 nitrogen and oxygen atoms in total. The van der Waals surface area contributed by atoms with Gasteiger partial charge in [0.05, 0.1) is 22.9 Å². The van der Waals surface area contributed by atoms with E-state index in [4.69, 9.17) is 0 Å². The molecule has 2 N–H and O–H groups in total. The largest absolute Gasteiger partial charge is 0.394 e. The SMILES string of the molecule is CCC(F)(F)c1ccc(NS(C)(=O)=O)c(C(=O)NC23CCC(C(F)(F)F)(CC2)CC3)c1. The lowest BCUT2D eigenvalue weighted by molar-refractivity contribution is -0.253. The first kappa shape index (κ1) is 23.7. The Morgan fingerprint density at radius 3 is 2.03 bits per heavy atom. The summed E-state index contributed by atoms with van der Waals surface area (Å²) in [4.78, 5) is 13.0. The Balaban J connectivity index is 1.89. The summed E-state index contributed by atoms with van der Waals surface area (Å²) in [7, 11) is -3.80. The summed E-state index contributed by atoms with van der Waals surface area (Å²) < 4.78 is 94.2. The van der Waals surface area contributed by atoms with Crippen molar-refractivity contribution in [2.75, 3.05) is 11.0 Å². The van der Waals surface area contributed by atoms with Crippen molar-refractivity contribution in [1.29, 1.82) is 0 Å². The normalized spacial score (nSPS) is 26.5. The summed E-state index contributed by atoms with van der Waals surface area (Å²) >= 11 is 0. The van der Waals surface area contributed by atoms with Crippen molar-refractivity contribution in [3.63, 3.8) is 0 Å². The Morgan fingerprint density at radius 1 is 1.03 bits per heavy atom. The molecular weight excluding hydrogens is 443 g/mol. The molecule has 0 radical (unpaired) electrons. The Bertz CT molecular complexity index is 951. The maximum atomic E-state index is 14.2. The van der Waals surface area contributed by atoms with Crippen molar-refractivity contribution in [2.45, 2.75) is 69.5 Å². The Morgan fingerprint density at radius 2 is 1.58 bits per heavy atom. The number of nitrogens with one attached hydrogen (secondary N) is 2. The molecule has 0 heterocycles. The van der Waals surface area contributed by atoms with Gasteiger partial charge in [-0.2, -0.15) is 13.2 Å². The van der Waals surface area contributed by atoms with Crippen molar-refractivity contribution in [3.05, 3.63) is 29.3 Å². The molecule has 0 aromatic heterocycles. The van der Waals surface area contributed by atoms with Crippen LogP contribution in [0.25, 0.3) is 0 Å². The molecule has 0 unspecified atom stereocenters. The smallest absolute Gasteiger partial charge is 0.347 e. The van der Waals surface area contributed by atoms with Crippen LogP contribution in [0.5, 0.6) is 0 Å². The lowest BCUT2D eigenvalue weighted by Crippen LogP contribution is -2.59. The van der Waals surface area contributed by atoms with Gasteiger partial charge in [-0.15, -0.1) is 0 Å². The van der Waals surface area contributed by atoms with Gasteiger partial charge in [0.1, 0.15) is 0 Å². The number of alkyl halides is 5. The van der Waals surface area contributed by atoms with Crippen LogP contribution < -0.4 is 10.0 Å². The van der Waals surface area contributed by atoms with E-state index < -0.39 is 51.0 Å². The minimum atomic E-state index is -4.31. The van der Waals surface area contributed by atoms with E-state index in [1.807, 2.05) is 0 Å². The van der Waals surface area contributed by atoms with Crippen LogP contribution >= 0.6 is 0 Å². The van der Waals surface area contributed by atoms with Gasteiger partial charge in [0, 0.05) is 17.5 Å². The number of halogens is 5. The zero-order chi connectivity index (χ0) is 23.3. The molecule has 4 rings (SSSR count). The Labute approximate surface area is 177 Å². The Hall–Kier alpha value is -1.91. The van der Waals surface area contributed by atoms with E-state index in [0.29, 0.717) is 0 Å². The van der Waals surface area contributed by atoms with Crippen LogP contribution in [0.1, 0.15) is 67.8 Å². The highest BCUT2D eigenvalue weighted by Gasteiger charge is 2.61. The van der Waals surface area contributed by atoms with Gasteiger partial charge >= 0.3 is 6.18 Å². The molecule has 31 heavy (non-hydrogen) atoms. The number of rotatable bonds is 6. The fourth-order valence-corrected chi connectivity index (χ4v) is 5.14. The molecule has 2 bridgehead atoms. The van der Waals surface area contributed by atoms with E-state index in [-0.39, 0.29) is 49.8 Å².